The molecule has 0 aliphatic rings. The zero-order valence-corrected chi connectivity index (χ0v) is 8.18. The van der Waals surface area contributed by atoms with Crippen molar-refractivity contribution in [2.24, 2.45) is 5.92 Å². The summed E-state index contributed by atoms with van der Waals surface area (Å²) in [5, 5.41) is 11.1. The Kier molecular flexibility index (Phi) is 4.04. The molecule has 1 radical (unpaired) electrons. The molecule has 67 valence electrons. The minimum absolute atomic E-state index is 0.304. The van der Waals surface area contributed by atoms with Crippen LogP contribution in [-0.2, 0) is 9.84 Å². The van der Waals surface area contributed by atoms with Crippen molar-refractivity contribution in [2.75, 3.05) is 0 Å². The molecule has 2 heteroatoms. The molecule has 0 aromatic rings. The highest BCUT2D eigenvalue weighted by Gasteiger charge is 2.18. The SMILES string of the molecule is CC(C)CC([O])OC(C)(C)C. The van der Waals surface area contributed by atoms with Gasteiger partial charge in [0.05, 0.1) is 5.60 Å². The summed E-state index contributed by atoms with van der Waals surface area (Å²) in [6.07, 6.45) is -0.271. The molecule has 2 nitrogen and oxygen atoms in total. The molecule has 0 fully saturated rings. The highest BCUT2D eigenvalue weighted by atomic mass is 16.6. The zero-order chi connectivity index (χ0) is 9.07. The average molecular weight is 159 g/mol. The number of rotatable bonds is 3. The van der Waals surface area contributed by atoms with Gasteiger partial charge in [0.2, 0.25) is 0 Å². The van der Waals surface area contributed by atoms with Gasteiger partial charge in [-0.3, -0.25) is 0 Å². The van der Waals surface area contributed by atoms with E-state index in [1.807, 2.05) is 34.6 Å². The molecule has 0 rings (SSSR count). The highest BCUT2D eigenvalue weighted by molar-refractivity contribution is 4.60. The van der Waals surface area contributed by atoms with E-state index in [9.17, 15) is 5.11 Å². The minimum atomic E-state index is -0.866. The van der Waals surface area contributed by atoms with Crippen molar-refractivity contribution < 1.29 is 9.84 Å². The van der Waals surface area contributed by atoms with Gasteiger partial charge in [0.1, 0.15) is 0 Å². The number of hydrogen-bond acceptors (Lipinski definition) is 1. The number of hydrogen-bond donors (Lipinski definition) is 0. The molecule has 0 spiro atoms. The first kappa shape index (κ1) is 10.9. The molecule has 0 aliphatic carbocycles. The molecule has 0 aromatic carbocycles. The Morgan fingerprint density at radius 2 is 1.73 bits per heavy atom. The lowest BCUT2D eigenvalue weighted by Gasteiger charge is -2.23. The average Bonchev–Trinajstić information content (AvgIpc) is 1.53. The van der Waals surface area contributed by atoms with Crippen molar-refractivity contribution >= 4 is 0 Å². The van der Waals surface area contributed by atoms with E-state index in [0.717, 1.165) is 0 Å². The van der Waals surface area contributed by atoms with E-state index in [1.54, 1.807) is 0 Å². The van der Waals surface area contributed by atoms with Crippen molar-refractivity contribution in [2.45, 2.75) is 52.9 Å². The highest BCUT2D eigenvalue weighted by Crippen LogP contribution is 2.14. The van der Waals surface area contributed by atoms with Gasteiger partial charge in [0, 0.05) is 6.42 Å². The van der Waals surface area contributed by atoms with E-state index < -0.39 is 6.29 Å². The standard InChI is InChI=1S/C9H19O2/c1-7(2)6-8(10)11-9(3,4)5/h7-8H,6H2,1-5H3. The maximum atomic E-state index is 11.1. The summed E-state index contributed by atoms with van der Waals surface area (Å²) in [6, 6.07) is 0. The number of ether oxygens (including phenoxy) is 1. The van der Waals surface area contributed by atoms with Crippen molar-refractivity contribution in [3.8, 4) is 0 Å². The van der Waals surface area contributed by atoms with Crippen LogP contribution in [0.2, 0.25) is 0 Å². The Hall–Kier alpha value is -0.0800. The third kappa shape index (κ3) is 7.82. The zero-order valence-electron chi connectivity index (χ0n) is 8.18. The molecule has 0 aliphatic heterocycles. The predicted molar refractivity (Wildman–Crippen MR) is 44.8 cm³/mol. The van der Waals surface area contributed by atoms with Gasteiger partial charge in [-0.2, -0.15) is 0 Å². The van der Waals surface area contributed by atoms with E-state index in [-0.39, 0.29) is 5.60 Å². The molecule has 0 heterocycles. The van der Waals surface area contributed by atoms with Crippen LogP contribution in [0.25, 0.3) is 0 Å². The van der Waals surface area contributed by atoms with Crippen LogP contribution in [0.3, 0.4) is 0 Å². The second-order valence-corrected chi connectivity index (χ2v) is 4.29. The lowest BCUT2D eigenvalue weighted by Crippen LogP contribution is -2.27. The largest absolute Gasteiger partial charge is 0.344 e. The molecule has 0 N–H and O–H groups in total. The van der Waals surface area contributed by atoms with Gasteiger partial charge in [0.25, 0.3) is 0 Å². The summed E-state index contributed by atoms with van der Waals surface area (Å²) in [4.78, 5) is 0. The first-order valence-corrected chi connectivity index (χ1v) is 4.15. The van der Waals surface area contributed by atoms with Crippen molar-refractivity contribution in [1.29, 1.82) is 0 Å². The van der Waals surface area contributed by atoms with Gasteiger partial charge in [0.15, 0.2) is 6.29 Å². The van der Waals surface area contributed by atoms with Crippen LogP contribution in [0.15, 0.2) is 0 Å². The Balaban J connectivity index is 3.61. The monoisotopic (exact) mass is 159 g/mol. The molecule has 0 bridgehead atoms. The van der Waals surface area contributed by atoms with E-state index >= 15 is 0 Å². The molecule has 1 unspecified atom stereocenters. The Morgan fingerprint density at radius 3 is 2.00 bits per heavy atom. The predicted octanol–water partition coefficient (Wildman–Crippen LogP) is 2.60. The van der Waals surface area contributed by atoms with Gasteiger partial charge in [-0.15, -0.1) is 0 Å². The molecule has 0 amide bonds. The molecule has 0 saturated carbocycles. The maximum Gasteiger partial charge on any atom is 0.192 e. The van der Waals surface area contributed by atoms with Crippen LogP contribution in [-0.4, -0.2) is 11.9 Å². The Morgan fingerprint density at radius 1 is 1.27 bits per heavy atom. The van der Waals surface area contributed by atoms with Crippen molar-refractivity contribution in [1.82, 2.24) is 0 Å². The van der Waals surface area contributed by atoms with Crippen LogP contribution in [0, 0.1) is 5.92 Å². The third-order valence-corrected chi connectivity index (χ3v) is 1.15. The fourth-order valence-electron chi connectivity index (χ4n) is 0.827. The quantitative estimate of drug-likeness (QED) is 0.582. The summed E-state index contributed by atoms with van der Waals surface area (Å²) < 4.78 is 5.19. The molecule has 0 aromatic heterocycles. The summed E-state index contributed by atoms with van der Waals surface area (Å²) in [7, 11) is 0. The van der Waals surface area contributed by atoms with Gasteiger partial charge in [-0.05, 0) is 26.7 Å². The minimum Gasteiger partial charge on any atom is -0.344 e. The molecular formula is C9H19O2. The summed E-state index contributed by atoms with van der Waals surface area (Å²) in [6.45, 7) is 9.75. The topological polar surface area (TPSA) is 29.1 Å². The smallest absolute Gasteiger partial charge is 0.192 e. The van der Waals surface area contributed by atoms with Gasteiger partial charge < -0.3 is 4.74 Å². The second-order valence-electron chi connectivity index (χ2n) is 4.29. The lowest BCUT2D eigenvalue weighted by molar-refractivity contribution is -0.201. The van der Waals surface area contributed by atoms with Crippen LogP contribution in [0.5, 0.6) is 0 Å². The van der Waals surface area contributed by atoms with Gasteiger partial charge >= 0.3 is 0 Å². The van der Waals surface area contributed by atoms with Gasteiger partial charge in [-0.1, -0.05) is 13.8 Å². The summed E-state index contributed by atoms with van der Waals surface area (Å²) in [5.74, 6) is 0.417. The normalized spacial score (nSPS) is 15.5. The third-order valence-electron chi connectivity index (χ3n) is 1.15. The van der Waals surface area contributed by atoms with Crippen LogP contribution >= 0.6 is 0 Å². The van der Waals surface area contributed by atoms with Crippen LogP contribution in [0.1, 0.15) is 41.0 Å². The Bertz CT molecular complexity index is 103. The van der Waals surface area contributed by atoms with E-state index in [4.69, 9.17) is 4.74 Å². The Labute approximate surface area is 69.6 Å². The van der Waals surface area contributed by atoms with Crippen molar-refractivity contribution in [3.63, 3.8) is 0 Å². The molecule has 11 heavy (non-hydrogen) atoms. The lowest BCUT2D eigenvalue weighted by atomic mass is 10.1. The fraction of sp³-hybridized carbons (Fsp3) is 1.00. The van der Waals surface area contributed by atoms with Gasteiger partial charge in [-0.25, -0.2) is 5.11 Å². The second kappa shape index (κ2) is 4.07. The molecule has 1 atom stereocenters. The first-order valence-electron chi connectivity index (χ1n) is 4.15. The van der Waals surface area contributed by atoms with E-state index in [1.165, 1.54) is 0 Å². The van der Waals surface area contributed by atoms with Crippen LogP contribution < -0.4 is 0 Å². The maximum absolute atomic E-state index is 11.1. The molecule has 0 saturated heterocycles. The summed E-state index contributed by atoms with van der Waals surface area (Å²) >= 11 is 0. The molecular weight excluding hydrogens is 140 g/mol. The fourth-order valence-corrected chi connectivity index (χ4v) is 0.827. The van der Waals surface area contributed by atoms with Crippen molar-refractivity contribution in [3.05, 3.63) is 0 Å². The first-order chi connectivity index (χ1) is 4.81. The van der Waals surface area contributed by atoms with E-state index in [2.05, 4.69) is 0 Å². The van der Waals surface area contributed by atoms with Crippen LogP contribution in [0.4, 0.5) is 0 Å². The summed E-state index contributed by atoms with van der Waals surface area (Å²) in [5.41, 5.74) is -0.304. The van der Waals surface area contributed by atoms with E-state index in [0.29, 0.717) is 12.3 Å².